The van der Waals surface area contributed by atoms with Gasteiger partial charge < -0.3 is 34.5 Å². The van der Waals surface area contributed by atoms with Crippen molar-refractivity contribution in [1.82, 2.24) is 15.1 Å². The van der Waals surface area contributed by atoms with Crippen molar-refractivity contribution in [1.29, 1.82) is 0 Å². The number of carbonyl (C=O) groups excluding carboxylic acids is 2. The summed E-state index contributed by atoms with van der Waals surface area (Å²) in [5.74, 6) is 0.342. The number of ether oxygens (including phenoxy) is 1. The number of carbonyl (C=O) groups is 2. The lowest BCUT2D eigenvalue weighted by atomic mass is 9.79. The second-order valence-corrected chi connectivity index (χ2v) is 11.9. The molecule has 0 radical (unpaired) electrons. The molecular formula is C33H39N5O4S. The van der Waals surface area contributed by atoms with Crippen molar-refractivity contribution in [2.75, 3.05) is 49.6 Å². The topological polar surface area (TPSA) is 90.3 Å². The van der Waals surface area contributed by atoms with Crippen molar-refractivity contribution < 1.29 is 18.7 Å². The summed E-state index contributed by atoms with van der Waals surface area (Å²) in [7, 11) is 0. The van der Waals surface area contributed by atoms with E-state index in [1.54, 1.807) is 11.2 Å². The maximum Gasteiger partial charge on any atom is 0.250 e. The third-order valence-corrected chi connectivity index (χ3v) is 9.21. The Hall–Kier alpha value is -3.89. The number of nitrogens with one attached hydrogen (secondary N) is 2. The molecule has 2 aliphatic heterocycles. The van der Waals surface area contributed by atoms with E-state index in [-0.39, 0.29) is 30.9 Å². The fourth-order valence-electron chi connectivity index (χ4n) is 6.47. The Balaban J connectivity index is 1.22. The molecule has 0 bridgehead atoms. The molecular weight excluding hydrogens is 562 g/mol. The Labute approximate surface area is 258 Å². The fourth-order valence-corrected chi connectivity index (χ4v) is 6.75. The monoisotopic (exact) mass is 601 g/mol. The van der Waals surface area contributed by atoms with Crippen molar-refractivity contribution in [3.05, 3.63) is 84.3 Å². The van der Waals surface area contributed by atoms with Crippen LogP contribution in [0.2, 0.25) is 0 Å². The van der Waals surface area contributed by atoms with E-state index >= 15 is 0 Å². The van der Waals surface area contributed by atoms with Crippen LogP contribution in [-0.4, -0.2) is 71.7 Å². The molecule has 226 valence electrons. The summed E-state index contributed by atoms with van der Waals surface area (Å²) in [4.78, 5) is 34.5. The molecule has 1 saturated carbocycles. The first kappa shape index (κ1) is 29.2. The third-order valence-electron chi connectivity index (χ3n) is 8.83. The first-order valence-electron chi connectivity index (χ1n) is 15.2. The lowest BCUT2D eigenvalue weighted by Gasteiger charge is -2.45. The zero-order valence-electron chi connectivity index (χ0n) is 24.4. The molecule has 0 spiro atoms. The van der Waals surface area contributed by atoms with Gasteiger partial charge >= 0.3 is 0 Å². The van der Waals surface area contributed by atoms with E-state index < -0.39 is 5.54 Å². The minimum absolute atomic E-state index is 0.00685. The predicted molar refractivity (Wildman–Crippen MR) is 170 cm³/mol. The van der Waals surface area contributed by atoms with Gasteiger partial charge in [0.25, 0.3) is 0 Å². The number of hydrogen-bond donors (Lipinski definition) is 2. The van der Waals surface area contributed by atoms with E-state index in [0.29, 0.717) is 49.2 Å². The van der Waals surface area contributed by atoms with Crippen LogP contribution in [0, 0.1) is 0 Å². The number of anilines is 2. The molecule has 2 saturated heterocycles. The van der Waals surface area contributed by atoms with Gasteiger partial charge in [-0.15, -0.1) is 0 Å². The summed E-state index contributed by atoms with van der Waals surface area (Å²) < 4.78 is 11.2. The standard InChI is InChI=1S/C33H39N5O4S/c39-30(24-37-23-29(35-32(37)43)25-8-3-1-4-9-25)38(22-28-10-7-19-42-28)33(15-5-2-6-16-33)31(40)34-26-11-13-27(14-12-26)36-17-20-41-21-18-36/h1,3-4,7-14,19,29H,2,5-6,15-18,20-24H2,(H,34,40)(H,35,43)/t29-/m0/s1. The van der Waals surface area contributed by atoms with Gasteiger partial charge in [0.2, 0.25) is 11.8 Å². The molecule has 1 aliphatic carbocycles. The van der Waals surface area contributed by atoms with Gasteiger partial charge in [-0.3, -0.25) is 9.59 Å². The number of hydrogen-bond acceptors (Lipinski definition) is 6. The lowest BCUT2D eigenvalue weighted by Crippen LogP contribution is -2.61. The van der Waals surface area contributed by atoms with E-state index in [9.17, 15) is 9.59 Å². The van der Waals surface area contributed by atoms with Gasteiger partial charge in [0, 0.05) is 31.0 Å². The Morgan fingerprint density at radius 1 is 0.977 bits per heavy atom. The minimum Gasteiger partial charge on any atom is -0.467 e. The Morgan fingerprint density at radius 3 is 2.42 bits per heavy atom. The molecule has 6 rings (SSSR count). The Bertz CT molecular complexity index is 1390. The molecule has 43 heavy (non-hydrogen) atoms. The predicted octanol–water partition coefficient (Wildman–Crippen LogP) is 4.72. The number of nitrogens with zero attached hydrogens (tertiary/aromatic N) is 3. The largest absolute Gasteiger partial charge is 0.467 e. The Kier molecular flexibility index (Phi) is 8.95. The van der Waals surface area contributed by atoms with Gasteiger partial charge in [0.05, 0.1) is 38.6 Å². The zero-order chi connectivity index (χ0) is 29.6. The van der Waals surface area contributed by atoms with Crippen molar-refractivity contribution in [2.45, 2.75) is 50.2 Å². The van der Waals surface area contributed by atoms with Crippen LogP contribution in [0.5, 0.6) is 0 Å². The van der Waals surface area contributed by atoms with E-state index in [1.165, 1.54) is 0 Å². The maximum absolute atomic E-state index is 14.3. The van der Waals surface area contributed by atoms with Gasteiger partial charge in [-0.2, -0.15) is 0 Å². The van der Waals surface area contributed by atoms with Gasteiger partial charge in [-0.05, 0) is 67.0 Å². The molecule has 3 fully saturated rings. The first-order valence-corrected chi connectivity index (χ1v) is 15.6. The molecule has 3 aromatic rings. The zero-order valence-corrected chi connectivity index (χ0v) is 25.2. The number of amides is 2. The lowest BCUT2D eigenvalue weighted by molar-refractivity contribution is -0.149. The van der Waals surface area contributed by atoms with Crippen LogP contribution in [0.3, 0.4) is 0 Å². The highest BCUT2D eigenvalue weighted by molar-refractivity contribution is 7.80. The molecule has 2 aromatic carbocycles. The second kappa shape index (κ2) is 13.2. The van der Waals surface area contributed by atoms with E-state index in [4.69, 9.17) is 21.4 Å². The van der Waals surface area contributed by atoms with Crippen LogP contribution in [0.4, 0.5) is 11.4 Å². The molecule has 1 atom stereocenters. The third kappa shape index (κ3) is 6.55. The maximum atomic E-state index is 14.3. The average Bonchev–Trinajstić information content (AvgIpc) is 3.71. The highest BCUT2D eigenvalue weighted by Gasteiger charge is 2.48. The minimum atomic E-state index is -1.00. The van der Waals surface area contributed by atoms with Crippen LogP contribution >= 0.6 is 12.2 Å². The van der Waals surface area contributed by atoms with Crippen LogP contribution in [0.1, 0.15) is 49.5 Å². The van der Waals surface area contributed by atoms with E-state index in [2.05, 4.69) is 27.7 Å². The number of furan rings is 1. The molecule has 10 heteroatoms. The van der Waals surface area contributed by atoms with Gasteiger partial charge in [-0.25, -0.2) is 0 Å². The second-order valence-electron chi connectivity index (χ2n) is 11.5. The van der Waals surface area contributed by atoms with Crippen LogP contribution in [-0.2, 0) is 20.9 Å². The quantitative estimate of drug-likeness (QED) is 0.341. The average molecular weight is 602 g/mol. The first-order chi connectivity index (χ1) is 21.0. The van der Waals surface area contributed by atoms with Crippen LogP contribution in [0.15, 0.2) is 77.4 Å². The Morgan fingerprint density at radius 2 is 1.72 bits per heavy atom. The number of morpholine rings is 1. The van der Waals surface area contributed by atoms with Gasteiger partial charge in [-0.1, -0.05) is 49.6 Å². The normalized spacial score (nSPS) is 20.0. The number of benzene rings is 2. The molecule has 2 N–H and O–H groups in total. The summed E-state index contributed by atoms with van der Waals surface area (Å²) in [5.41, 5.74) is 1.94. The fraction of sp³-hybridized carbons (Fsp3) is 0.424. The number of rotatable bonds is 9. The van der Waals surface area contributed by atoms with Crippen molar-refractivity contribution in [2.24, 2.45) is 0 Å². The SMILES string of the molecule is O=C(CN1C[C@@H](c2ccccc2)NC1=S)N(Cc1ccco1)C1(C(=O)Nc2ccc(N3CCOCC3)cc2)CCCCC1. The smallest absolute Gasteiger partial charge is 0.250 e. The van der Waals surface area contributed by atoms with E-state index in [1.807, 2.05) is 59.5 Å². The molecule has 2 amide bonds. The summed E-state index contributed by atoms with van der Waals surface area (Å²) in [6.45, 7) is 4.00. The number of thiocarbonyl (C=S) groups is 1. The summed E-state index contributed by atoms with van der Waals surface area (Å²) in [6.07, 6.45) is 5.55. The highest BCUT2D eigenvalue weighted by Crippen LogP contribution is 2.37. The molecule has 1 aromatic heterocycles. The summed E-state index contributed by atoms with van der Waals surface area (Å²) in [6, 6.07) is 21.7. The summed E-state index contributed by atoms with van der Waals surface area (Å²) >= 11 is 5.65. The molecule has 3 aliphatic rings. The molecule has 9 nitrogen and oxygen atoms in total. The van der Waals surface area contributed by atoms with Gasteiger partial charge in [0.15, 0.2) is 5.11 Å². The van der Waals surface area contributed by atoms with Crippen molar-refractivity contribution in [3.63, 3.8) is 0 Å². The highest BCUT2D eigenvalue weighted by atomic mass is 32.1. The van der Waals surface area contributed by atoms with Crippen molar-refractivity contribution >= 4 is 40.5 Å². The van der Waals surface area contributed by atoms with Crippen LogP contribution in [0.25, 0.3) is 0 Å². The van der Waals surface area contributed by atoms with Gasteiger partial charge in [0.1, 0.15) is 11.3 Å². The molecule has 3 heterocycles. The van der Waals surface area contributed by atoms with E-state index in [0.717, 1.165) is 43.6 Å². The molecule has 0 unspecified atom stereocenters. The van der Waals surface area contributed by atoms with Crippen LogP contribution < -0.4 is 15.5 Å². The summed E-state index contributed by atoms with van der Waals surface area (Å²) in [5, 5.41) is 7.08. The van der Waals surface area contributed by atoms with Crippen molar-refractivity contribution in [3.8, 4) is 0 Å².